The van der Waals surface area contributed by atoms with Crippen LogP contribution in [0.15, 0.2) is 18.6 Å². The summed E-state index contributed by atoms with van der Waals surface area (Å²) in [5.74, 6) is -0.149. The van der Waals surface area contributed by atoms with Gasteiger partial charge in [0.2, 0.25) is 0 Å². The van der Waals surface area contributed by atoms with E-state index < -0.39 is 18.9 Å². The van der Waals surface area contributed by atoms with Crippen molar-refractivity contribution in [1.82, 2.24) is 14.9 Å². The summed E-state index contributed by atoms with van der Waals surface area (Å²) in [4.78, 5) is 22.9. The molecule has 1 saturated carbocycles. The van der Waals surface area contributed by atoms with Crippen LogP contribution in [0.1, 0.15) is 49.0 Å². The van der Waals surface area contributed by atoms with Crippen LogP contribution in [0.2, 0.25) is 0 Å². The van der Waals surface area contributed by atoms with E-state index >= 15 is 0 Å². The Morgan fingerprint density at radius 2 is 1.81 bits per heavy atom. The van der Waals surface area contributed by atoms with Gasteiger partial charge in [0.25, 0.3) is 5.91 Å². The van der Waals surface area contributed by atoms with Gasteiger partial charge in [-0.3, -0.25) is 4.79 Å². The largest absolute Gasteiger partial charge is 0.411 e. The molecule has 0 unspecified atom stereocenters. The second-order valence-corrected chi connectivity index (χ2v) is 7.01. The maximum Gasteiger partial charge on any atom is 0.411 e. The Morgan fingerprint density at radius 3 is 2.41 bits per heavy atom. The van der Waals surface area contributed by atoms with E-state index in [-0.39, 0.29) is 18.0 Å². The Balaban J connectivity index is 1.66. The molecule has 1 aromatic heterocycles. The van der Waals surface area contributed by atoms with Crippen LogP contribution in [-0.4, -0.2) is 65.0 Å². The summed E-state index contributed by atoms with van der Waals surface area (Å²) in [5, 5.41) is 0. The number of alkyl halides is 3. The fraction of sp³-hybridized carbons (Fsp3) is 0.722. The smallest absolute Gasteiger partial charge is 0.381 e. The van der Waals surface area contributed by atoms with Crippen molar-refractivity contribution in [1.29, 1.82) is 0 Å². The topological polar surface area (TPSA) is 64.6 Å². The van der Waals surface area contributed by atoms with E-state index in [9.17, 15) is 18.0 Å². The quantitative estimate of drug-likeness (QED) is 0.777. The lowest BCUT2D eigenvalue weighted by Crippen LogP contribution is -2.51. The molecule has 6 nitrogen and oxygen atoms in total. The minimum Gasteiger partial charge on any atom is -0.381 e. The van der Waals surface area contributed by atoms with Crippen molar-refractivity contribution in [3.05, 3.63) is 24.3 Å². The van der Waals surface area contributed by atoms with Crippen molar-refractivity contribution in [2.24, 2.45) is 0 Å². The van der Waals surface area contributed by atoms with Crippen LogP contribution in [0.3, 0.4) is 0 Å². The number of nitrogens with zero attached hydrogens (tertiary/aromatic N) is 3. The lowest BCUT2D eigenvalue weighted by Gasteiger charge is -2.42. The highest BCUT2D eigenvalue weighted by Crippen LogP contribution is 2.31. The molecule has 0 bridgehead atoms. The molecular formula is C18H24F3N3O3. The molecule has 0 aromatic carbocycles. The summed E-state index contributed by atoms with van der Waals surface area (Å²) in [6, 6.07) is 1.62. The maximum absolute atomic E-state index is 13.1. The molecule has 0 radical (unpaired) electrons. The van der Waals surface area contributed by atoms with Crippen molar-refractivity contribution < 1.29 is 27.4 Å². The van der Waals surface area contributed by atoms with Gasteiger partial charge in [0, 0.05) is 31.5 Å². The van der Waals surface area contributed by atoms with Crippen molar-refractivity contribution in [2.45, 2.75) is 62.9 Å². The summed E-state index contributed by atoms with van der Waals surface area (Å²) in [6.45, 7) is -0.0175. The minimum atomic E-state index is -4.31. The molecule has 2 fully saturated rings. The van der Waals surface area contributed by atoms with E-state index in [1.807, 2.05) is 4.90 Å². The van der Waals surface area contributed by atoms with Gasteiger partial charge in [-0.25, -0.2) is 9.97 Å². The van der Waals surface area contributed by atoms with Crippen LogP contribution >= 0.6 is 0 Å². The zero-order chi connectivity index (χ0) is 19.3. The van der Waals surface area contributed by atoms with E-state index in [4.69, 9.17) is 9.47 Å². The average molecular weight is 387 g/mol. The zero-order valence-electron chi connectivity index (χ0n) is 15.0. The van der Waals surface area contributed by atoms with Gasteiger partial charge in [0.15, 0.2) is 0 Å². The van der Waals surface area contributed by atoms with E-state index in [2.05, 4.69) is 9.97 Å². The molecule has 2 aliphatic rings. The standard InChI is InChI=1S/C18H24F3N3O3/c19-18(20,21)11-27-15-3-1-13(2-4-15)24(14-6-9-26-10-7-14)17(25)16-5-8-22-12-23-16/h5,8,12-15H,1-4,6-7,9-11H2. The summed E-state index contributed by atoms with van der Waals surface area (Å²) in [6.07, 6.45) is 1.93. The van der Waals surface area contributed by atoms with Gasteiger partial charge in [-0.05, 0) is 44.6 Å². The summed E-state index contributed by atoms with van der Waals surface area (Å²) < 4.78 is 47.5. The first-order chi connectivity index (χ1) is 12.9. The number of halogens is 3. The SMILES string of the molecule is O=C(c1ccncn1)N(C1CCOCC1)C1CCC(OCC(F)(F)F)CC1. The van der Waals surface area contributed by atoms with Crippen molar-refractivity contribution in [3.8, 4) is 0 Å². The molecule has 0 N–H and O–H groups in total. The lowest BCUT2D eigenvalue weighted by atomic mass is 9.89. The number of rotatable bonds is 5. The number of carbonyl (C=O) groups is 1. The number of amides is 1. The van der Waals surface area contributed by atoms with Crippen LogP contribution in [-0.2, 0) is 9.47 Å². The molecule has 3 rings (SSSR count). The zero-order valence-corrected chi connectivity index (χ0v) is 15.0. The molecule has 27 heavy (non-hydrogen) atoms. The Morgan fingerprint density at radius 1 is 1.15 bits per heavy atom. The number of carbonyl (C=O) groups excluding carboxylic acids is 1. The van der Waals surface area contributed by atoms with Crippen LogP contribution in [0, 0.1) is 0 Å². The number of hydrogen-bond acceptors (Lipinski definition) is 5. The van der Waals surface area contributed by atoms with E-state index in [0.717, 1.165) is 12.8 Å². The average Bonchev–Trinajstić information content (AvgIpc) is 2.68. The van der Waals surface area contributed by atoms with Crippen LogP contribution in [0.25, 0.3) is 0 Å². The Kier molecular flexibility index (Phi) is 6.64. The molecule has 0 spiro atoms. The Labute approximate surface area is 156 Å². The predicted molar refractivity (Wildman–Crippen MR) is 90.1 cm³/mol. The first-order valence-electron chi connectivity index (χ1n) is 9.29. The Hall–Kier alpha value is -1.74. The lowest BCUT2D eigenvalue weighted by molar-refractivity contribution is -0.188. The molecule has 1 aliphatic heterocycles. The summed E-state index contributed by atoms with van der Waals surface area (Å²) in [5.41, 5.74) is 0.340. The molecule has 2 heterocycles. The molecule has 150 valence electrons. The minimum absolute atomic E-state index is 0.0266. The summed E-state index contributed by atoms with van der Waals surface area (Å²) in [7, 11) is 0. The molecule has 1 saturated heterocycles. The first-order valence-corrected chi connectivity index (χ1v) is 9.29. The van der Waals surface area contributed by atoms with Crippen molar-refractivity contribution >= 4 is 5.91 Å². The highest BCUT2D eigenvalue weighted by molar-refractivity contribution is 5.92. The third-order valence-electron chi connectivity index (χ3n) is 5.14. The summed E-state index contributed by atoms with van der Waals surface area (Å²) >= 11 is 0. The highest BCUT2D eigenvalue weighted by Gasteiger charge is 2.36. The maximum atomic E-state index is 13.1. The highest BCUT2D eigenvalue weighted by atomic mass is 19.4. The van der Waals surface area contributed by atoms with Crippen LogP contribution in [0.4, 0.5) is 13.2 Å². The van der Waals surface area contributed by atoms with Crippen molar-refractivity contribution in [2.75, 3.05) is 19.8 Å². The molecule has 1 aromatic rings. The van der Waals surface area contributed by atoms with E-state index in [0.29, 0.717) is 44.6 Å². The second-order valence-electron chi connectivity index (χ2n) is 7.01. The number of ether oxygens (including phenoxy) is 2. The molecular weight excluding hydrogens is 363 g/mol. The molecule has 0 atom stereocenters. The monoisotopic (exact) mass is 387 g/mol. The molecule has 1 amide bonds. The van der Waals surface area contributed by atoms with Gasteiger partial charge in [0.05, 0.1) is 6.10 Å². The van der Waals surface area contributed by atoms with Gasteiger partial charge in [-0.2, -0.15) is 13.2 Å². The molecule has 9 heteroatoms. The number of hydrogen-bond donors (Lipinski definition) is 0. The van der Waals surface area contributed by atoms with E-state index in [1.54, 1.807) is 6.07 Å². The Bertz CT molecular complexity index is 601. The fourth-order valence-electron chi connectivity index (χ4n) is 3.84. The third kappa shape index (κ3) is 5.62. The number of aromatic nitrogens is 2. The van der Waals surface area contributed by atoms with Crippen LogP contribution < -0.4 is 0 Å². The third-order valence-corrected chi connectivity index (χ3v) is 5.14. The van der Waals surface area contributed by atoms with Gasteiger partial charge in [-0.15, -0.1) is 0 Å². The predicted octanol–water partition coefficient (Wildman–Crippen LogP) is 2.99. The fourth-order valence-corrected chi connectivity index (χ4v) is 3.84. The second kappa shape index (κ2) is 8.97. The van der Waals surface area contributed by atoms with Gasteiger partial charge < -0.3 is 14.4 Å². The van der Waals surface area contributed by atoms with Gasteiger partial charge in [0.1, 0.15) is 18.6 Å². The normalized spacial score (nSPS) is 24.6. The van der Waals surface area contributed by atoms with Crippen molar-refractivity contribution in [3.63, 3.8) is 0 Å². The molecule has 1 aliphatic carbocycles. The van der Waals surface area contributed by atoms with Crippen LogP contribution in [0.5, 0.6) is 0 Å². The van der Waals surface area contributed by atoms with E-state index in [1.165, 1.54) is 12.5 Å². The van der Waals surface area contributed by atoms with Gasteiger partial charge in [-0.1, -0.05) is 0 Å². The van der Waals surface area contributed by atoms with Gasteiger partial charge >= 0.3 is 6.18 Å². The first kappa shape index (κ1) is 20.0.